The van der Waals surface area contributed by atoms with Crippen LogP contribution >= 0.6 is 0 Å². The molecule has 1 aliphatic rings. The number of hydrogen-bond donors (Lipinski definition) is 3. The van der Waals surface area contributed by atoms with E-state index in [1.165, 1.54) is 0 Å². The van der Waals surface area contributed by atoms with E-state index in [2.05, 4.69) is 0 Å². The molecule has 0 amide bonds. The largest absolute Gasteiger partial charge is 0.481 e. The Hall–Kier alpha value is -1.20. The van der Waals surface area contributed by atoms with E-state index in [0.29, 0.717) is 12.8 Å². The van der Waals surface area contributed by atoms with Crippen molar-refractivity contribution in [3.63, 3.8) is 0 Å². The molecule has 0 aromatic carbocycles. The lowest BCUT2D eigenvalue weighted by Crippen LogP contribution is -2.18. The number of aliphatic carboxylic acids is 1. The Labute approximate surface area is 138 Å². The number of hydrogen-bond acceptors (Lipinski definition) is 4. The highest BCUT2D eigenvalue weighted by Crippen LogP contribution is 2.32. The highest BCUT2D eigenvalue weighted by molar-refractivity contribution is 5.84. The molecule has 1 saturated carbocycles. The number of carboxylic acid groups (broad SMARTS) is 1. The van der Waals surface area contributed by atoms with Crippen molar-refractivity contribution in [2.75, 3.05) is 0 Å². The number of carbonyl (C=O) groups is 2. The van der Waals surface area contributed by atoms with E-state index in [0.717, 1.165) is 32.1 Å². The first-order valence-corrected chi connectivity index (χ1v) is 8.74. The van der Waals surface area contributed by atoms with Crippen LogP contribution in [0.4, 0.5) is 0 Å². The Bertz CT molecular complexity index is 404. The second-order valence-electron chi connectivity index (χ2n) is 6.48. The van der Waals surface area contributed by atoms with E-state index in [9.17, 15) is 19.8 Å². The molecule has 0 aromatic heterocycles. The predicted octanol–water partition coefficient (Wildman–Crippen LogP) is 2.69. The van der Waals surface area contributed by atoms with Crippen LogP contribution in [-0.2, 0) is 9.59 Å². The van der Waals surface area contributed by atoms with Crippen molar-refractivity contribution in [3.05, 3.63) is 12.2 Å². The Morgan fingerprint density at radius 2 is 1.91 bits per heavy atom. The number of aliphatic hydroxyl groups is 2. The molecule has 0 aliphatic heterocycles. The van der Waals surface area contributed by atoms with Crippen LogP contribution < -0.4 is 0 Å². The van der Waals surface area contributed by atoms with Gasteiger partial charge in [0.2, 0.25) is 0 Å². The molecule has 1 fully saturated rings. The van der Waals surface area contributed by atoms with Crippen molar-refractivity contribution in [1.82, 2.24) is 0 Å². The van der Waals surface area contributed by atoms with Crippen molar-refractivity contribution >= 4 is 11.8 Å². The van der Waals surface area contributed by atoms with Crippen LogP contribution in [0.5, 0.6) is 0 Å². The number of Topliss-reactive ketones (excluding diaryl/α,β-unsaturated/α-hetero) is 1. The fourth-order valence-electron chi connectivity index (χ4n) is 3.25. The minimum atomic E-state index is -0.747. The Kier molecular flexibility index (Phi) is 9.10. The Balaban J connectivity index is 2.19. The van der Waals surface area contributed by atoms with Gasteiger partial charge >= 0.3 is 5.97 Å². The van der Waals surface area contributed by atoms with Crippen LogP contribution in [0.1, 0.15) is 64.7 Å². The van der Waals surface area contributed by atoms with Crippen LogP contribution in [-0.4, -0.2) is 39.3 Å². The van der Waals surface area contributed by atoms with Gasteiger partial charge in [0.1, 0.15) is 5.78 Å². The molecule has 132 valence electrons. The highest BCUT2D eigenvalue weighted by Gasteiger charge is 2.38. The second-order valence-corrected chi connectivity index (χ2v) is 6.48. The average Bonchev–Trinajstić information content (AvgIpc) is 2.76. The molecule has 0 saturated heterocycles. The number of ketones is 1. The van der Waals surface area contributed by atoms with Gasteiger partial charge in [-0.1, -0.05) is 44.8 Å². The average molecular weight is 326 g/mol. The third kappa shape index (κ3) is 7.27. The quantitative estimate of drug-likeness (QED) is 0.401. The van der Waals surface area contributed by atoms with Gasteiger partial charge in [-0.25, -0.2) is 0 Å². The van der Waals surface area contributed by atoms with Gasteiger partial charge in [0, 0.05) is 24.7 Å². The molecule has 5 heteroatoms. The molecule has 0 bridgehead atoms. The molecular weight excluding hydrogens is 296 g/mol. The number of carbonyl (C=O) groups excluding carboxylic acids is 1. The fourth-order valence-corrected chi connectivity index (χ4v) is 3.25. The van der Waals surface area contributed by atoms with Gasteiger partial charge in [-0.2, -0.15) is 0 Å². The van der Waals surface area contributed by atoms with Crippen LogP contribution in [0.3, 0.4) is 0 Å². The molecule has 4 atom stereocenters. The number of carboxylic acids is 1. The van der Waals surface area contributed by atoms with E-state index in [-0.39, 0.29) is 30.5 Å². The summed E-state index contributed by atoms with van der Waals surface area (Å²) in [7, 11) is 0. The summed E-state index contributed by atoms with van der Waals surface area (Å²) < 4.78 is 0. The molecule has 0 radical (unpaired) electrons. The van der Waals surface area contributed by atoms with Crippen LogP contribution in [0, 0.1) is 11.8 Å². The standard InChI is InChI=1S/C18H30O5/c1-2-14-15(17(21)12-16(14)20)11-10-13(19)8-6-4-3-5-7-9-18(22)23/h10-11,13-15,17,19,21H,2-9,12H2,1H3,(H,22,23)/b11-10+/t13-,14-,15+,17-/m1/s1. The molecule has 5 nitrogen and oxygen atoms in total. The van der Waals surface area contributed by atoms with Crippen molar-refractivity contribution in [1.29, 1.82) is 0 Å². The monoisotopic (exact) mass is 326 g/mol. The maximum atomic E-state index is 11.7. The lowest BCUT2D eigenvalue weighted by Gasteiger charge is -2.16. The van der Waals surface area contributed by atoms with Crippen molar-refractivity contribution in [3.8, 4) is 0 Å². The van der Waals surface area contributed by atoms with E-state index in [4.69, 9.17) is 5.11 Å². The summed E-state index contributed by atoms with van der Waals surface area (Å²) in [6, 6.07) is 0. The SMILES string of the molecule is CC[C@H]1C(=O)C[C@@H](O)[C@H]1/C=C/[C@H](O)CCCCCCCC(=O)O. The zero-order valence-corrected chi connectivity index (χ0v) is 14.0. The summed E-state index contributed by atoms with van der Waals surface area (Å²) in [6.07, 6.45) is 8.65. The first kappa shape index (κ1) is 19.8. The zero-order chi connectivity index (χ0) is 17.2. The van der Waals surface area contributed by atoms with Gasteiger partial charge in [0.15, 0.2) is 0 Å². The molecule has 0 spiro atoms. The van der Waals surface area contributed by atoms with Gasteiger partial charge in [-0.05, 0) is 19.3 Å². The molecule has 1 aliphatic carbocycles. The van der Waals surface area contributed by atoms with Crippen LogP contribution in [0.2, 0.25) is 0 Å². The third-order valence-corrected chi connectivity index (χ3v) is 4.62. The highest BCUT2D eigenvalue weighted by atomic mass is 16.4. The molecule has 0 heterocycles. The second kappa shape index (κ2) is 10.6. The molecular formula is C18H30O5. The van der Waals surface area contributed by atoms with Crippen molar-refractivity contribution < 1.29 is 24.9 Å². The summed E-state index contributed by atoms with van der Waals surface area (Å²) in [5.74, 6) is -0.921. The molecule has 1 rings (SSSR count). The molecule has 0 aromatic rings. The summed E-state index contributed by atoms with van der Waals surface area (Å²) in [5, 5.41) is 28.4. The maximum absolute atomic E-state index is 11.7. The molecule has 0 unspecified atom stereocenters. The van der Waals surface area contributed by atoms with Crippen molar-refractivity contribution in [2.45, 2.75) is 76.9 Å². The van der Waals surface area contributed by atoms with E-state index >= 15 is 0 Å². The van der Waals surface area contributed by atoms with Gasteiger partial charge < -0.3 is 15.3 Å². The smallest absolute Gasteiger partial charge is 0.303 e. The van der Waals surface area contributed by atoms with Crippen LogP contribution in [0.15, 0.2) is 12.2 Å². The summed E-state index contributed by atoms with van der Waals surface area (Å²) in [4.78, 5) is 22.1. The Morgan fingerprint density at radius 1 is 1.26 bits per heavy atom. The third-order valence-electron chi connectivity index (χ3n) is 4.62. The van der Waals surface area contributed by atoms with E-state index in [1.807, 2.05) is 6.92 Å². The van der Waals surface area contributed by atoms with Gasteiger partial charge in [-0.3, -0.25) is 9.59 Å². The number of aliphatic hydroxyl groups excluding tert-OH is 2. The molecule has 3 N–H and O–H groups in total. The number of rotatable bonds is 11. The minimum absolute atomic E-state index is 0.116. The van der Waals surface area contributed by atoms with Gasteiger partial charge in [-0.15, -0.1) is 0 Å². The summed E-state index contributed by atoms with van der Waals surface area (Å²) in [5.41, 5.74) is 0. The predicted molar refractivity (Wildman–Crippen MR) is 88.0 cm³/mol. The lowest BCUT2D eigenvalue weighted by molar-refractivity contribution is -0.137. The first-order valence-electron chi connectivity index (χ1n) is 8.74. The fraction of sp³-hybridized carbons (Fsp3) is 0.778. The van der Waals surface area contributed by atoms with Crippen LogP contribution in [0.25, 0.3) is 0 Å². The number of unbranched alkanes of at least 4 members (excludes halogenated alkanes) is 4. The first-order chi connectivity index (χ1) is 11.0. The summed E-state index contributed by atoms with van der Waals surface area (Å²) in [6.45, 7) is 1.95. The van der Waals surface area contributed by atoms with Gasteiger partial charge in [0.05, 0.1) is 12.2 Å². The zero-order valence-electron chi connectivity index (χ0n) is 14.0. The van der Waals surface area contributed by atoms with E-state index < -0.39 is 18.2 Å². The Morgan fingerprint density at radius 3 is 2.57 bits per heavy atom. The van der Waals surface area contributed by atoms with Gasteiger partial charge in [0.25, 0.3) is 0 Å². The minimum Gasteiger partial charge on any atom is -0.481 e. The molecule has 23 heavy (non-hydrogen) atoms. The summed E-state index contributed by atoms with van der Waals surface area (Å²) >= 11 is 0. The van der Waals surface area contributed by atoms with Crippen molar-refractivity contribution in [2.24, 2.45) is 11.8 Å². The lowest BCUT2D eigenvalue weighted by atomic mass is 9.91. The normalized spacial score (nSPS) is 26.0. The van der Waals surface area contributed by atoms with E-state index in [1.54, 1.807) is 12.2 Å². The topological polar surface area (TPSA) is 94.8 Å². The maximum Gasteiger partial charge on any atom is 0.303 e.